The summed E-state index contributed by atoms with van der Waals surface area (Å²) in [5.41, 5.74) is -0.683. The van der Waals surface area contributed by atoms with Crippen molar-refractivity contribution in [3.63, 3.8) is 0 Å². The van der Waals surface area contributed by atoms with Gasteiger partial charge in [-0.25, -0.2) is 13.1 Å². The van der Waals surface area contributed by atoms with E-state index in [2.05, 4.69) is 9.82 Å². The van der Waals surface area contributed by atoms with E-state index in [4.69, 9.17) is 5.11 Å². The maximum Gasteiger partial charge on any atom is 0.258 e. The van der Waals surface area contributed by atoms with Crippen molar-refractivity contribution in [2.45, 2.75) is 30.8 Å². The van der Waals surface area contributed by atoms with E-state index >= 15 is 0 Å². The van der Waals surface area contributed by atoms with Gasteiger partial charge < -0.3 is 5.11 Å². The molecule has 6 nitrogen and oxygen atoms in total. The molecule has 0 aliphatic heterocycles. The highest BCUT2D eigenvalue weighted by Gasteiger charge is 2.27. The van der Waals surface area contributed by atoms with Gasteiger partial charge in [-0.05, 0) is 26.3 Å². The monoisotopic (exact) mass is 247 g/mol. The maximum atomic E-state index is 12.0. The molecule has 0 fully saturated rings. The van der Waals surface area contributed by atoms with Crippen LogP contribution >= 0.6 is 0 Å². The predicted molar refractivity (Wildman–Crippen MR) is 59.3 cm³/mol. The third-order valence-corrected chi connectivity index (χ3v) is 3.97. The minimum Gasteiger partial charge on any atom is -0.396 e. The van der Waals surface area contributed by atoms with Crippen LogP contribution in [-0.4, -0.2) is 35.5 Å². The quantitative estimate of drug-likeness (QED) is 0.758. The number of nitrogens with one attached hydrogen (secondary N) is 1. The van der Waals surface area contributed by atoms with Crippen LogP contribution in [0.25, 0.3) is 0 Å². The van der Waals surface area contributed by atoms with E-state index in [0.717, 1.165) is 0 Å². The summed E-state index contributed by atoms with van der Waals surface area (Å²) in [6.07, 6.45) is 1.78. The number of sulfonamides is 1. The molecule has 2 N–H and O–H groups in total. The van der Waals surface area contributed by atoms with E-state index in [1.165, 1.54) is 16.9 Å². The lowest BCUT2D eigenvalue weighted by molar-refractivity contribution is 0.245. The molecule has 0 aliphatic rings. The van der Waals surface area contributed by atoms with Gasteiger partial charge in [0.15, 0.2) is 5.03 Å². The van der Waals surface area contributed by atoms with E-state index in [1.807, 2.05) is 0 Å². The third-order valence-electron chi connectivity index (χ3n) is 2.20. The van der Waals surface area contributed by atoms with Crippen molar-refractivity contribution < 1.29 is 13.5 Å². The first-order valence-electron chi connectivity index (χ1n) is 4.91. The second kappa shape index (κ2) is 4.52. The van der Waals surface area contributed by atoms with Crippen LogP contribution in [0.2, 0.25) is 0 Å². The molecule has 1 aromatic heterocycles. The van der Waals surface area contributed by atoms with Gasteiger partial charge in [-0.2, -0.15) is 5.10 Å². The van der Waals surface area contributed by atoms with Crippen LogP contribution in [0, 0.1) is 0 Å². The van der Waals surface area contributed by atoms with Crippen LogP contribution < -0.4 is 4.72 Å². The third kappa shape index (κ3) is 3.03. The molecule has 0 unspecified atom stereocenters. The molecule has 0 saturated carbocycles. The zero-order valence-corrected chi connectivity index (χ0v) is 10.5. The van der Waals surface area contributed by atoms with Gasteiger partial charge in [0.05, 0.1) is 6.20 Å². The fourth-order valence-corrected chi connectivity index (χ4v) is 2.94. The summed E-state index contributed by atoms with van der Waals surface area (Å²) in [5, 5.41) is 12.7. The minimum atomic E-state index is -3.59. The molecule has 0 aromatic carbocycles. The van der Waals surface area contributed by atoms with Crippen LogP contribution in [0.15, 0.2) is 17.3 Å². The highest BCUT2D eigenvalue weighted by molar-refractivity contribution is 7.89. The predicted octanol–water partition coefficient (Wildman–Crippen LogP) is -0.141. The van der Waals surface area contributed by atoms with Crippen molar-refractivity contribution in [1.82, 2.24) is 14.5 Å². The normalized spacial score (nSPS) is 13.0. The van der Waals surface area contributed by atoms with Crippen molar-refractivity contribution in [2.75, 3.05) is 6.61 Å². The van der Waals surface area contributed by atoms with Crippen LogP contribution in [0.1, 0.15) is 20.3 Å². The van der Waals surface area contributed by atoms with Gasteiger partial charge in [0, 0.05) is 19.2 Å². The molecular weight excluding hydrogens is 230 g/mol. The summed E-state index contributed by atoms with van der Waals surface area (Å²) in [5.74, 6) is 0. The Kier molecular flexibility index (Phi) is 3.72. The highest BCUT2D eigenvalue weighted by Crippen LogP contribution is 2.14. The molecule has 92 valence electrons. The van der Waals surface area contributed by atoms with Gasteiger partial charge in [-0.3, -0.25) is 4.68 Å². The molecule has 16 heavy (non-hydrogen) atoms. The summed E-state index contributed by atoms with van der Waals surface area (Å²) in [6.45, 7) is 3.37. The van der Waals surface area contributed by atoms with E-state index in [0.29, 0.717) is 6.42 Å². The largest absolute Gasteiger partial charge is 0.396 e. The first kappa shape index (κ1) is 13.1. The van der Waals surface area contributed by atoms with Gasteiger partial charge in [0.1, 0.15) is 0 Å². The topological polar surface area (TPSA) is 84.2 Å². The number of aryl methyl sites for hydroxylation is 1. The van der Waals surface area contributed by atoms with E-state index in [9.17, 15) is 8.42 Å². The number of hydrogen-bond donors (Lipinski definition) is 2. The number of aromatic nitrogens is 2. The van der Waals surface area contributed by atoms with Gasteiger partial charge >= 0.3 is 0 Å². The van der Waals surface area contributed by atoms with Crippen LogP contribution in [0.3, 0.4) is 0 Å². The van der Waals surface area contributed by atoms with Crippen molar-refractivity contribution in [3.05, 3.63) is 12.3 Å². The fraction of sp³-hybridized carbons (Fsp3) is 0.667. The molecule has 0 bridgehead atoms. The molecular formula is C9H17N3O3S. The molecule has 0 radical (unpaired) electrons. The van der Waals surface area contributed by atoms with Crippen LogP contribution in [0.5, 0.6) is 0 Å². The van der Waals surface area contributed by atoms with Crippen molar-refractivity contribution in [3.8, 4) is 0 Å². The summed E-state index contributed by atoms with van der Waals surface area (Å²) < 4.78 is 27.7. The summed E-state index contributed by atoms with van der Waals surface area (Å²) in [7, 11) is -2.03. The smallest absolute Gasteiger partial charge is 0.258 e. The Morgan fingerprint density at radius 3 is 2.62 bits per heavy atom. The lowest BCUT2D eigenvalue weighted by atomic mass is 10.0. The van der Waals surface area contributed by atoms with Gasteiger partial charge in [0.2, 0.25) is 0 Å². The van der Waals surface area contributed by atoms with Crippen LogP contribution in [-0.2, 0) is 17.1 Å². The second-order valence-electron chi connectivity index (χ2n) is 4.26. The highest BCUT2D eigenvalue weighted by atomic mass is 32.2. The SMILES string of the molecule is Cn1nccc1S(=O)(=O)NC(C)(C)CCO. The average molecular weight is 247 g/mol. The lowest BCUT2D eigenvalue weighted by Crippen LogP contribution is -2.44. The van der Waals surface area contributed by atoms with Gasteiger partial charge in [-0.15, -0.1) is 0 Å². The second-order valence-corrected chi connectivity index (χ2v) is 5.89. The summed E-state index contributed by atoms with van der Waals surface area (Å²) in [6, 6.07) is 1.43. The van der Waals surface area contributed by atoms with Crippen molar-refractivity contribution >= 4 is 10.0 Å². The Morgan fingerprint density at radius 1 is 1.56 bits per heavy atom. The molecule has 0 atom stereocenters. The average Bonchev–Trinajstić information content (AvgIpc) is 2.49. The molecule has 0 amide bonds. The zero-order valence-electron chi connectivity index (χ0n) is 9.64. The van der Waals surface area contributed by atoms with Gasteiger partial charge in [-0.1, -0.05) is 0 Å². The molecule has 0 aliphatic carbocycles. The van der Waals surface area contributed by atoms with E-state index in [1.54, 1.807) is 20.9 Å². The molecule has 7 heteroatoms. The fourth-order valence-electron chi connectivity index (χ4n) is 1.37. The zero-order chi connectivity index (χ0) is 12.4. The van der Waals surface area contributed by atoms with E-state index < -0.39 is 15.6 Å². The standard InChI is InChI=1S/C9H17N3O3S/c1-9(2,5-7-13)11-16(14,15)8-4-6-10-12(8)3/h4,6,11,13H,5,7H2,1-3H3. The Labute approximate surface area is 95.3 Å². The van der Waals surface area contributed by atoms with E-state index in [-0.39, 0.29) is 11.6 Å². The number of hydrogen-bond acceptors (Lipinski definition) is 4. The molecule has 1 rings (SSSR count). The number of rotatable bonds is 5. The summed E-state index contributed by atoms with van der Waals surface area (Å²) >= 11 is 0. The summed E-state index contributed by atoms with van der Waals surface area (Å²) in [4.78, 5) is 0. The Morgan fingerprint density at radius 2 is 2.19 bits per heavy atom. The van der Waals surface area contributed by atoms with Crippen LogP contribution in [0.4, 0.5) is 0 Å². The molecule has 1 heterocycles. The maximum absolute atomic E-state index is 12.0. The Balaban J connectivity index is 2.93. The minimum absolute atomic E-state index is 0.0685. The lowest BCUT2D eigenvalue weighted by Gasteiger charge is -2.24. The molecule has 1 aromatic rings. The first-order valence-corrected chi connectivity index (χ1v) is 6.40. The molecule has 0 spiro atoms. The Bertz CT molecular complexity index is 450. The number of aliphatic hydroxyl groups excluding tert-OH is 1. The van der Waals surface area contributed by atoms with Gasteiger partial charge in [0.25, 0.3) is 10.0 Å². The number of nitrogens with zero attached hydrogens (tertiary/aromatic N) is 2. The molecule has 0 saturated heterocycles. The first-order chi connectivity index (χ1) is 7.28. The Hall–Kier alpha value is -0.920. The van der Waals surface area contributed by atoms with Crippen molar-refractivity contribution in [2.24, 2.45) is 7.05 Å². The number of aliphatic hydroxyl groups is 1. The van der Waals surface area contributed by atoms with Crippen molar-refractivity contribution in [1.29, 1.82) is 0 Å².